The Morgan fingerprint density at radius 1 is 1.15 bits per heavy atom. The summed E-state index contributed by atoms with van der Waals surface area (Å²) in [6, 6.07) is 2.29. The molecule has 0 saturated carbocycles. The zero-order valence-corrected chi connectivity index (χ0v) is 20.3. The number of benzene rings is 1. The van der Waals surface area contributed by atoms with E-state index in [4.69, 9.17) is 5.73 Å². The number of thiol groups is 1. The Balaban J connectivity index is 2.21. The summed E-state index contributed by atoms with van der Waals surface area (Å²) in [7, 11) is 0. The number of nitrogens with two attached hydrogens (primary N) is 1. The Bertz CT molecular complexity index is 881. The molecule has 5 unspecified atom stereocenters. The maximum Gasteiger partial charge on any atom is 0.326 e. The van der Waals surface area contributed by atoms with Gasteiger partial charge in [-0.2, -0.15) is 12.6 Å². The molecular formula is C23H34N4O6S. The summed E-state index contributed by atoms with van der Waals surface area (Å²) in [5.41, 5.74) is 6.62. The van der Waals surface area contributed by atoms with Crippen LogP contribution in [-0.4, -0.2) is 75.3 Å². The molecule has 1 aromatic rings. The number of nitrogens with zero attached hydrogens (tertiary/aromatic N) is 1. The van der Waals surface area contributed by atoms with Gasteiger partial charge in [0.1, 0.15) is 23.9 Å². The number of carboxylic acid groups (broad SMARTS) is 1. The number of carbonyl (C=O) groups is 4. The second kappa shape index (κ2) is 12.6. The zero-order chi connectivity index (χ0) is 25.4. The predicted molar refractivity (Wildman–Crippen MR) is 129 cm³/mol. The van der Waals surface area contributed by atoms with Gasteiger partial charge in [0.05, 0.1) is 6.04 Å². The van der Waals surface area contributed by atoms with Gasteiger partial charge in [0.25, 0.3) is 0 Å². The molecule has 0 radical (unpaired) electrons. The number of phenolic OH excluding ortho intramolecular Hbond substituents is 1. The van der Waals surface area contributed by atoms with Gasteiger partial charge in [-0.15, -0.1) is 0 Å². The number of carbonyl (C=O) groups excluding carboxylic acids is 3. The van der Waals surface area contributed by atoms with E-state index in [0.717, 1.165) is 0 Å². The third-order valence-corrected chi connectivity index (χ3v) is 6.55. The first-order valence-corrected chi connectivity index (χ1v) is 12.0. The van der Waals surface area contributed by atoms with Gasteiger partial charge in [0.15, 0.2) is 0 Å². The first-order valence-electron chi connectivity index (χ1n) is 11.4. The van der Waals surface area contributed by atoms with Crippen molar-refractivity contribution in [2.45, 2.75) is 63.7 Å². The summed E-state index contributed by atoms with van der Waals surface area (Å²) in [4.78, 5) is 51.7. The van der Waals surface area contributed by atoms with Crippen molar-refractivity contribution in [3.8, 4) is 5.75 Å². The summed E-state index contributed by atoms with van der Waals surface area (Å²) >= 11 is 4.17. The molecule has 0 aliphatic carbocycles. The highest BCUT2D eigenvalue weighted by Crippen LogP contribution is 2.20. The van der Waals surface area contributed by atoms with Crippen LogP contribution < -0.4 is 16.4 Å². The molecule has 11 heteroatoms. The minimum atomic E-state index is -1.10. The van der Waals surface area contributed by atoms with Crippen LogP contribution in [0.15, 0.2) is 24.3 Å². The third-order valence-electron chi connectivity index (χ3n) is 6.19. The summed E-state index contributed by atoms with van der Waals surface area (Å²) in [5.74, 6) is -2.79. The smallest absolute Gasteiger partial charge is 0.326 e. The van der Waals surface area contributed by atoms with Crippen molar-refractivity contribution in [3.05, 3.63) is 29.8 Å². The summed E-state index contributed by atoms with van der Waals surface area (Å²) in [6.07, 6.45) is 1.65. The molecule has 1 aromatic carbocycles. The first kappa shape index (κ1) is 27.5. The highest BCUT2D eigenvalue weighted by atomic mass is 32.1. The van der Waals surface area contributed by atoms with Crippen LogP contribution in [-0.2, 0) is 25.6 Å². The lowest BCUT2D eigenvalue weighted by molar-refractivity contribution is -0.149. The molecule has 10 nitrogen and oxygen atoms in total. The Morgan fingerprint density at radius 3 is 2.32 bits per heavy atom. The molecule has 1 saturated heterocycles. The lowest BCUT2D eigenvalue weighted by Crippen LogP contribution is -2.58. The number of rotatable bonds is 11. The molecule has 0 bridgehead atoms. The average Bonchev–Trinajstić information content (AvgIpc) is 3.32. The lowest BCUT2D eigenvalue weighted by atomic mass is 9.99. The third kappa shape index (κ3) is 7.10. The van der Waals surface area contributed by atoms with E-state index in [1.54, 1.807) is 12.1 Å². The monoisotopic (exact) mass is 494 g/mol. The minimum Gasteiger partial charge on any atom is -0.508 e. The molecule has 0 spiro atoms. The molecule has 1 fully saturated rings. The van der Waals surface area contributed by atoms with Gasteiger partial charge in [-0.25, -0.2) is 4.79 Å². The predicted octanol–water partition coefficient (Wildman–Crippen LogP) is 0.283. The molecule has 1 heterocycles. The molecule has 34 heavy (non-hydrogen) atoms. The van der Waals surface area contributed by atoms with E-state index in [1.165, 1.54) is 17.0 Å². The topological polar surface area (TPSA) is 162 Å². The fraction of sp³-hybridized carbons (Fsp3) is 0.565. The first-order chi connectivity index (χ1) is 16.1. The highest BCUT2D eigenvalue weighted by Gasteiger charge is 2.38. The van der Waals surface area contributed by atoms with Gasteiger partial charge in [0.2, 0.25) is 17.7 Å². The Labute approximate surface area is 204 Å². The van der Waals surface area contributed by atoms with E-state index < -0.39 is 47.9 Å². The van der Waals surface area contributed by atoms with Gasteiger partial charge < -0.3 is 31.5 Å². The SMILES string of the molecule is CCC(C)C(N)C(=O)NC(CS)C(=O)NC(Cc1ccc(O)cc1)C(=O)N1CCCC1C(=O)O. The number of aromatic hydroxyl groups is 1. The van der Waals surface area contributed by atoms with Crippen LogP contribution in [0.1, 0.15) is 38.7 Å². The Hall–Kier alpha value is -2.79. The zero-order valence-electron chi connectivity index (χ0n) is 19.4. The molecule has 188 valence electrons. The fourth-order valence-electron chi connectivity index (χ4n) is 3.80. The van der Waals surface area contributed by atoms with Crippen LogP contribution in [0.3, 0.4) is 0 Å². The van der Waals surface area contributed by atoms with E-state index in [-0.39, 0.29) is 30.4 Å². The van der Waals surface area contributed by atoms with Crippen molar-refractivity contribution >= 4 is 36.3 Å². The van der Waals surface area contributed by atoms with Crippen molar-refractivity contribution in [3.63, 3.8) is 0 Å². The standard InChI is InChI=1S/C23H34N4O6S/c1-3-13(2)19(24)21(30)26-17(12-34)20(29)25-16(11-14-6-8-15(28)9-7-14)22(31)27-10-4-5-18(27)23(32)33/h6-9,13,16-19,28,34H,3-5,10-12,24H2,1-2H3,(H,25,29)(H,26,30)(H,32,33). The highest BCUT2D eigenvalue weighted by molar-refractivity contribution is 7.80. The van der Waals surface area contributed by atoms with E-state index in [2.05, 4.69) is 23.3 Å². The molecular weight excluding hydrogens is 460 g/mol. The number of hydrogen-bond donors (Lipinski definition) is 6. The van der Waals surface area contributed by atoms with Crippen molar-refractivity contribution in [1.82, 2.24) is 15.5 Å². The molecule has 2 rings (SSSR count). The largest absolute Gasteiger partial charge is 0.508 e. The van der Waals surface area contributed by atoms with Gasteiger partial charge in [-0.3, -0.25) is 14.4 Å². The molecule has 6 N–H and O–H groups in total. The van der Waals surface area contributed by atoms with Crippen LogP contribution in [0.2, 0.25) is 0 Å². The van der Waals surface area contributed by atoms with Crippen LogP contribution in [0.25, 0.3) is 0 Å². The van der Waals surface area contributed by atoms with Gasteiger partial charge in [-0.1, -0.05) is 32.4 Å². The maximum absolute atomic E-state index is 13.3. The lowest BCUT2D eigenvalue weighted by Gasteiger charge is -2.29. The van der Waals surface area contributed by atoms with Gasteiger partial charge >= 0.3 is 5.97 Å². The Morgan fingerprint density at radius 2 is 1.76 bits per heavy atom. The average molecular weight is 495 g/mol. The van der Waals surface area contributed by atoms with E-state index in [1.807, 2.05) is 13.8 Å². The number of carboxylic acids is 1. The number of hydrogen-bond acceptors (Lipinski definition) is 7. The number of nitrogens with one attached hydrogen (secondary N) is 2. The normalized spacial score (nSPS) is 19.1. The Kier molecular flexibility index (Phi) is 10.2. The van der Waals surface area contributed by atoms with Crippen LogP contribution in [0.4, 0.5) is 0 Å². The van der Waals surface area contributed by atoms with Crippen molar-refractivity contribution in [2.75, 3.05) is 12.3 Å². The number of amides is 3. The number of phenols is 1. The second-order valence-electron chi connectivity index (χ2n) is 8.61. The molecule has 5 atom stereocenters. The van der Waals surface area contributed by atoms with E-state index >= 15 is 0 Å². The van der Waals surface area contributed by atoms with E-state index in [9.17, 15) is 29.4 Å². The van der Waals surface area contributed by atoms with Crippen molar-refractivity contribution < 1.29 is 29.4 Å². The van der Waals surface area contributed by atoms with Crippen molar-refractivity contribution in [2.24, 2.45) is 11.7 Å². The molecule has 1 aliphatic heterocycles. The van der Waals surface area contributed by atoms with E-state index in [0.29, 0.717) is 24.8 Å². The molecule has 1 aliphatic rings. The maximum atomic E-state index is 13.3. The summed E-state index contributed by atoms with van der Waals surface area (Å²) in [5, 5.41) is 24.3. The number of aliphatic carboxylic acids is 1. The van der Waals surface area contributed by atoms with Crippen LogP contribution >= 0.6 is 12.6 Å². The fourth-order valence-corrected chi connectivity index (χ4v) is 4.06. The summed E-state index contributed by atoms with van der Waals surface area (Å²) in [6.45, 7) is 4.01. The summed E-state index contributed by atoms with van der Waals surface area (Å²) < 4.78 is 0. The quantitative estimate of drug-likeness (QED) is 0.241. The van der Waals surface area contributed by atoms with Gasteiger partial charge in [0, 0.05) is 18.7 Å². The second-order valence-corrected chi connectivity index (χ2v) is 8.98. The van der Waals surface area contributed by atoms with Crippen LogP contribution in [0.5, 0.6) is 5.75 Å². The molecule has 0 aromatic heterocycles. The van der Waals surface area contributed by atoms with Crippen LogP contribution in [0, 0.1) is 5.92 Å². The van der Waals surface area contributed by atoms with Crippen molar-refractivity contribution in [1.29, 1.82) is 0 Å². The molecule has 3 amide bonds. The minimum absolute atomic E-state index is 0.0214. The number of likely N-dealkylation sites (tertiary alicyclic amines) is 1. The van der Waals surface area contributed by atoms with Gasteiger partial charge in [-0.05, 0) is 36.5 Å².